The Labute approximate surface area is 191 Å². The van der Waals surface area contributed by atoms with Gasteiger partial charge in [0.05, 0.1) is 0 Å². The van der Waals surface area contributed by atoms with Gasteiger partial charge in [-0.2, -0.15) is 0 Å². The van der Waals surface area contributed by atoms with Crippen LogP contribution in [0.4, 0.5) is 11.5 Å². The molecule has 3 aromatic rings. The van der Waals surface area contributed by atoms with E-state index in [4.69, 9.17) is 4.74 Å². The van der Waals surface area contributed by atoms with E-state index in [-0.39, 0.29) is 0 Å². The lowest BCUT2D eigenvalue weighted by Crippen LogP contribution is -2.15. The second-order valence-corrected chi connectivity index (χ2v) is 8.15. The lowest BCUT2D eigenvalue weighted by Gasteiger charge is -2.22. The topological polar surface area (TPSA) is 51.2 Å². The quantitative estimate of drug-likeness (QED) is 0.272. The molecule has 4 nitrogen and oxygen atoms in total. The zero-order chi connectivity index (χ0) is 22.9. The van der Waals surface area contributed by atoms with Gasteiger partial charge < -0.3 is 10.1 Å². The number of aldehydes is 1. The molecule has 32 heavy (non-hydrogen) atoms. The van der Waals surface area contributed by atoms with Crippen molar-refractivity contribution in [3.8, 4) is 16.9 Å². The van der Waals surface area contributed by atoms with E-state index in [2.05, 4.69) is 44.1 Å². The molecule has 2 atom stereocenters. The molecule has 0 amide bonds. The number of ether oxygens (including phenoxy) is 1. The van der Waals surface area contributed by atoms with Gasteiger partial charge in [-0.25, -0.2) is 4.98 Å². The normalized spacial score (nSPS) is 13.3. The standard InChI is InChI=1S/C28H32N2O2/c1-5-20(3)21(4)23(6-2)19-32-27-12-8-11-26(16-27)30-28-14-13-25(17-29-28)24-10-7-9-22(15-24)18-31/h6-18,20-21H,5,19H2,1-4H3,(H,29,30). The molecule has 0 aliphatic carbocycles. The second-order valence-electron chi connectivity index (χ2n) is 8.15. The van der Waals surface area contributed by atoms with Crippen LogP contribution in [0.3, 0.4) is 0 Å². The minimum Gasteiger partial charge on any atom is -0.489 e. The van der Waals surface area contributed by atoms with Crippen LogP contribution >= 0.6 is 0 Å². The molecule has 0 spiro atoms. The van der Waals surface area contributed by atoms with Gasteiger partial charge in [0.2, 0.25) is 0 Å². The van der Waals surface area contributed by atoms with E-state index >= 15 is 0 Å². The fourth-order valence-corrected chi connectivity index (χ4v) is 3.60. The molecule has 0 saturated carbocycles. The number of carbonyl (C=O) groups excluding carboxylic acids is 1. The molecule has 3 rings (SSSR count). The van der Waals surface area contributed by atoms with Crippen LogP contribution in [0.15, 0.2) is 78.5 Å². The summed E-state index contributed by atoms with van der Waals surface area (Å²) >= 11 is 0. The molecule has 1 heterocycles. The highest BCUT2D eigenvalue weighted by molar-refractivity contribution is 5.78. The Morgan fingerprint density at radius 3 is 2.56 bits per heavy atom. The first-order chi connectivity index (χ1) is 15.5. The van der Waals surface area contributed by atoms with E-state index in [1.54, 1.807) is 12.3 Å². The Morgan fingerprint density at radius 2 is 1.88 bits per heavy atom. The number of nitrogens with zero attached hydrogens (tertiary/aromatic N) is 1. The average Bonchev–Trinajstić information content (AvgIpc) is 2.84. The largest absolute Gasteiger partial charge is 0.489 e. The van der Waals surface area contributed by atoms with Crippen molar-refractivity contribution in [2.24, 2.45) is 11.8 Å². The van der Waals surface area contributed by atoms with E-state index in [1.165, 1.54) is 5.57 Å². The number of anilines is 2. The first kappa shape index (κ1) is 23.3. The van der Waals surface area contributed by atoms with Crippen LogP contribution in [0.5, 0.6) is 5.75 Å². The third kappa shape index (κ3) is 6.07. The van der Waals surface area contributed by atoms with Crippen LogP contribution in [0.1, 0.15) is 44.5 Å². The fourth-order valence-electron chi connectivity index (χ4n) is 3.60. The number of rotatable bonds is 10. The Bertz CT molecular complexity index is 1060. The molecule has 0 bridgehead atoms. The van der Waals surface area contributed by atoms with Crippen molar-refractivity contribution in [2.45, 2.75) is 34.1 Å². The summed E-state index contributed by atoms with van der Waals surface area (Å²) in [5.74, 6) is 2.71. The molecule has 0 radical (unpaired) electrons. The molecule has 0 saturated heterocycles. The van der Waals surface area contributed by atoms with Crippen LogP contribution in [-0.2, 0) is 0 Å². The van der Waals surface area contributed by atoms with Crippen LogP contribution in [0, 0.1) is 11.8 Å². The summed E-state index contributed by atoms with van der Waals surface area (Å²) in [7, 11) is 0. The molecule has 2 unspecified atom stereocenters. The Balaban J connectivity index is 1.65. The smallest absolute Gasteiger partial charge is 0.150 e. The molecule has 1 N–H and O–H groups in total. The zero-order valence-corrected chi connectivity index (χ0v) is 19.3. The van der Waals surface area contributed by atoms with E-state index in [9.17, 15) is 4.79 Å². The summed E-state index contributed by atoms with van der Waals surface area (Å²) in [6.45, 7) is 9.47. The van der Waals surface area contributed by atoms with Gasteiger partial charge in [0.25, 0.3) is 0 Å². The first-order valence-corrected chi connectivity index (χ1v) is 11.2. The van der Waals surface area contributed by atoms with Crippen molar-refractivity contribution in [3.05, 3.63) is 84.1 Å². The van der Waals surface area contributed by atoms with Gasteiger partial charge >= 0.3 is 0 Å². The predicted octanol–water partition coefficient (Wildman–Crippen LogP) is 7.31. The van der Waals surface area contributed by atoms with Crippen molar-refractivity contribution in [2.75, 3.05) is 11.9 Å². The van der Waals surface area contributed by atoms with Crippen LogP contribution < -0.4 is 10.1 Å². The molecular formula is C28H32N2O2. The van der Waals surface area contributed by atoms with Gasteiger partial charge in [-0.3, -0.25) is 4.79 Å². The zero-order valence-electron chi connectivity index (χ0n) is 19.3. The number of hydrogen-bond acceptors (Lipinski definition) is 4. The van der Waals surface area contributed by atoms with Crippen molar-refractivity contribution >= 4 is 17.8 Å². The van der Waals surface area contributed by atoms with Gasteiger partial charge in [0.15, 0.2) is 0 Å². The number of allylic oxidation sites excluding steroid dienone is 1. The Hall–Kier alpha value is -3.40. The van der Waals surface area contributed by atoms with Gasteiger partial charge in [-0.1, -0.05) is 57.5 Å². The van der Waals surface area contributed by atoms with Gasteiger partial charge in [0, 0.05) is 29.1 Å². The average molecular weight is 429 g/mol. The number of carbonyl (C=O) groups is 1. The summed E-state index contributed by atoms with van der Waals surface area (Å²) in [5.41, 5.74) is 4.83. The SMILES string of the molecule is CC=C(COc1cccc(Nc2ccc(-c3cccc(C=O)c3)cn2)c1)C(C)C(C)CC. The molecule has 4 heteroatoms. The molecule has 0 aliphatic heterocycles. The maximum Gasteiger partial charge on any atom is 0.150 e. The lowest BCUT2D eigenvalue weighted by molar-refractivity contribution is 0.112. The van der Waals surface area contributed by atoms with Gasteiger partial charge in [0.1, 0.15) is 24.5 Å². The third-order valence-corrected chi connectivity index (χ3v) is 6.08. The van der Waals surface area contributed by atoms with Crippen molar-refractivity contribution in [1.82, 2.24) is 4.98 Å². The van der Waals surface area contributed by atoms with Crippen LogP contribution in [-0.4, -0.2) is 17.9 Å². The van der Waals surface area contributed by atoms with Crippen molar-refractivity contribution < 1.29 is 9.53 Å². The summed E-state index contributed by atoms with van der Waals surface area (Å²) < 4.78 is 6.09. The lowest BCUT2D eigenvalue weighted by atomic mass is 9.87. The highest BCUT2D eigenvalue weighted by Crippen LogP contribution is 2.26. The predicted molar refractivity (Wildman–Crippen MR) is 133 cm³/mol. The van der Waals surface area contributed by atoms with Crippen molar-refractivity contribution in [1.29, 1.82) is 0 Å². The second kappa shape index (κ2) is 11.3. The molecular weight excluding hydrogens is 396 g/mol. The van der Waals surface area contributed by atoms with E-state index in [1.807, 2.05) is 54.6 Å². The molecule has 166 valence electrons. The van der Waals surface area contributed by atoms with E-state index < -0.39 is 0 Å². The van der Waals surface area contributed by atoms with Crippen molar-refractivity contribution in [3.63, 3.8) is 0 Å². The fraction of sp³-hybridized carbons (Fsp3) is 0.286. The summed E-state index contributed by atoms with van der Waals surface area (Å²) in [6, 6.07) is 19.4. The first-order valence-electron chi connectivity index (χ1n) is 11.2. The molecule has 0 aliphatic rings. The summed E-state index contributed by atoms with van der Waals surface area (Å²) in [4.78, 5) is 15.5. The maximum absolute atomic E-state index is 11.0. The highest BCUT2D eigenvalue weighted by atomic mass is 16.5. The van der Waals surface area contributed by atoms with Crippen LogP contribution in [0.2, 0.25) is 0 Å². The third-order valence-electron chi connectivity index (χ3n) is 6.08. The van der Waals surface area contributed by atoms with E-state index in [0.29, 0.717) is 24.0 Å². The minimum atomic E-state index is 0.501. The Kier molecular flexibility index (Phi) is 8.20. The Morgan fingerprint density at radius 1 is 1.06 bits per heavy atom. The maximum atomic E-state index is 11.0. The monoisotopic (exact) mass is 428 g/mol. The number of nitrogens with one attached hydrogen (secondary N) is 1. The number of hydrogen-bond donors (Lipinski definition) is 1. The van der Waals surface area contributed by atoms with Gasteiger partial charge in [-0.15, -0.1) is 0 Å². The number of aromatic nitrogens is 1. The summed E-state index contributed by atoms with van der Waals surface area (Å²) in [6.07, 6.45) is 5.99. The molecule has 0 fully saturated rings. The van der Waals surface area contributed by atoms with E-state index in [0.717, 1.165) is 41.1 Å². The van der Waals surface area contributed by atoms with Crippen LogP contribution in [0.25, 0.3) is 11.1 Å². The molecule has 2 aromatic carbocycles. The van der Waals surface area contributed by atoms with Gasteiger partial charge in [-0.05, 0) is 60.2 Å². The summed E-state index contributed by atoms with van der Waals surface area (Å²) in [5, 5.41) is 3.34. The molecule has 1 aromatic heterocycles. The highest BCUT2D eigenvalue weighted by Gasteiger charge is 2.15. The number of pyridine rings is 1. The minimum absolute atomic E-state index is 0.501. The number of benzene rings is 2.